The summed E-state index contributed by atoms with van der Waals surface area (Å²) in [7, 11) is 0. The molecule has 0 N–H and O–H groups in total. The summed E-state index contributed by atoms with van der Waals surface area (Å²) in [5.74, 6) is 1.03. The van der Waals surface area contributed by atoms with Crippen LogP contribution in [-0.2, 0) is 11.4 Å². The molecule has 1 aromatic heterocycles. The van der Waals surface area contributed by atoms with Crippen LogP contribution in [0, 0.1) is 0 Å². The standard InChI is InChI=1S/C20H20ClN3O3S/c1-14(2)24(15-8-4-3-5-9-15)19(25)13-28-20-23-22-18(27-20)12-26-17-11-7-6-10-16(17)21/h3-11,14H,12-13H2,1-2H3. The van der Waals surface area contributed by atoms with Gasteiger partial charge in [-0.15, -0.1) is 10.2 Å². The summed E-state index contributed by atoms with van der Waals surface area (Å²) in [4.78, 5) is 14.4. The number of carbonyl (C=O) groups excluding carboxylic acids is 1. The van der Waals surface area contributed by atoms with Crippen LogP contribution in [0.25, 0.3) is 0 Å². The SMILES string of the molecule is CC(C)N(C(=O)CSc1nnc(COc2ccccc2Cl)o1)c1ccccc1. The lowest BCUT2D eigenvalue weighted by Gasteiger charge is -2.26. The molecule has 0 aliphatic heterocycles. The van der Waals surface area contributed by atoms with E-state index in [1.165, 1.54) is 11.8 Å². The molecule has 1 heterocycles. The highest BCUT2D eigenvalue weighted by Crippen LogP contribution is 2.25. The number of aromatic nitrogens is 2. The fraction of sp³-hybridized carbons (Fsp3) is 0.250. The van der Waals surface area contributed by atoms with Gasteiger partial charge in [0.1, 0.15) is 5.75 Å². The molecule has 0 saturated heterocycles. The number of thioether (sulfide) groups is 1. The Bertz CT molecular complexity index is 918. The third-order valence-electron chi connectivity index (χ3n) is 3.77. The molecule has 0 unspecified atom stereocenters. The average molecular weight is 418 g/mol. The summed E-state index contributed by atoms with van der Waals surface area (Å²) < 4.78 is 11.1. The average Bonchev–Trinajstić information content (AvgIpc) is 3.14. The summed E-state index contributed by atoms with van der Waals surface area (Å²) in [5.41, 5.74) is 0.863. The molecule has 3 aromatic rings. The van der Waals surface area contributed by atoms with Crippen LogP contribution >= 0.6 is 23.4 Å². The molecule has 0 fully saturated rings. The summed E-state index contributed by atoms with van der Waals surface area (Å²) in [6.07, 6.45) is 0. The maximum atomic E-state index is 12.7. The van der Waals surface area contributed by atoms with Crippen molar-refractivity contribution in [1.82, 2.24) is 10.2 Å². The van der Waals surface area contributed by atoms with Crippen molar-refractivity contribution in [3.63, 3.8) is 0 Å². The molecule has 6 nitrogen and oxygen atoms in total. The van der Waals surface area contributed by atoms with Gasteiger partial charge in [-0.2, -0.15) is 0 Å². The Morgan fingerprint density at radius 2 is 1.86 bits per heavy atom. The number of ether oxygens (including phenoxy) is 1. The topological polar surface area (TPSA) is 68.5 Å². The first kappa shape index (κ1) is 20.2. The Kier molecular flexibility index (Phi) is 6.95. The van der Waals surface area contributed by atoms with Crippen LogP contribution in [0.2, 0.25) is 5.02 Å². The second-order valence-electron chi connectivity index (χ2n) is 6.16. The second-order valence-corrected chi connectivity index (χ2v) is 7.50. The van der Waals surface area contributed by atoms with Crippen molar-refractivity contribution in [2.45, 2.75) is 31.7 Å². The first-order valence-corrected chi connectivity index (χ1v) is 10.1. The molecule has 2 aromatic carbocycles. The van der Waals surface area contributed by atoms with Crippen molar-refractivity contribution in [3.05, 3.63) is 65.5 Å². The van der Waals surface area contributed by atoms with Crippen molar-refractivity contribution in [3.8, 4) is 5.75 Å². The second kappa shape index (κ2) is 9.61. The summed E-state index contributed by atoms with van der Waals surface area (Å²) in [6.45, 7) is 4.06. The van der Waals surface area contributed by atoms with E-state index in [0.29, 0.717) is 21.9 Å². The Hall–Kier alpha value is -2.51. The van der Waals surface area contributed by atoms with Gasteiger partial charge in [-0.1, -0.05) is 53.7 Å². The zero-order valence-corrected chi connectivity index (χ0v) is 17.1. The van der Waals surface area contributed by atoms with Gasteiger partial charge in [-0.3, -0.25) is 4.79 Å². The third kappa shape index (κ3) is 5.27. The van der Waals surface area contributed by atoms with E-state index in [4.69, 9.17) is 20.8 Å². The largest absolute Gasteiger partial charge is 0.482 e. The number of hydrogen-bond donors (Lipinski definition) is 0. The normalized spacial score (nSPS) is 10.9. The molecule has 0 atom stereocenters. The lowest BCUT2D eigenvalue weighted by atomic mass is 10.2. The minimum atomic E-state index is -0.0294. The highest BCUT2D eigenvalue weighted by Gasteiger charge is 2.20. The molecule has 0 bridgehead atoms. The number of anilines is 1. The van der Waals surface area contributed by atoms with E-state index >= 15 is 0 Å². The van der Waals surface area contributed by atoms with Crippen molar-refractivity contribution in [1.29, 1.82) is 0 Å². The zero-order valence-electron chi connectivity index (χ0n) is 15.5. The number of halogens is 1. The summed E-state index contributed by atoms with van der Waals surface area (Å²) in [5, 5.41) is 8.74. The van der Waals surface area contributed by atoms with E-state index in [9.17, 15) is 4.79 Å². The van der Waals surface area contributed by atoms with Gasteiger partial charge in [0.25, 0.3) is 11.1 Å². The van der Waals surface area contributed by atoms with Crippen LogP contribution in [0.4, 0.5) is 5.69 Å². The predicted octanol–water partition coefficient (Wildman–Crippen LogP) is 4.84. The van der Waals surface area contributed by atoms with Crippen LogP contribution < -0.4 is 9.64 Å². The molecule has 0 saturated carbocycles. The van der Waals surface area contributed by atoms with Crippen molar-refractivity contribution < 1.29 is 13.9 Å². The molecule has 28 heavy (non-hydrogen) atoms. The molecule has 8 heteroatoms. The smallest absolute Gasteiger partial charge is 0.277 e. The highest BCUT2D eigenvalue weighted by molar-refractivity contribution is 7.99. The minimum Gasteiger partial charge on any atom is -0.482 e. The monoisotopic (exact) mass is 417 g/mol. The van der Waals surface area contributed by atoms with Crippen LogP contribution in [0.3, 0.4) is 0 Å². The van der Waals surface area contributed by atoms with Gasteiger partial charge >= 0.3 is 0 Å². The zero-order chi connectivity index (χ0) is 19.9. The molecule has 0 aliphatic rings. The van der Waals surface area contributed by atoms with Gasteiger partial charge in [-0.25, -0.2) is 0 Å². The van der Waals surface area contributed by atoms with Crippen LogP contribution in [0.1, 0.15) is 19.7 Å². The molecule has 1 amide bonds. The fourth-order valence-corrected chi connectivity index (χ4v) is 3.40. The van der Waals surface area contributed by atoms with E-state index < -0.39 is 0 Å². The first-order chi connectivity index (χ1) is 13.5. The van der Waals surface area contributed by atoms with Gasteiger partial charge in [0, 0.05) is 11.7 Å². The van der Waals surface area contributed by atoms with Crippen LogP contribution in [0.5, 0.6) is 5.75 Å². The van der Waals surface area contributed by atoms with E-state index in [1.54, 1.807) is 17.0 Å². The molecule has 146 valence electrons. The van der Waals surface area contributed by atoms with Gasteiger partial charge < -0.3 is 14.1 Å². The van der Waals surface area contributed by atoms with E-state index in [1.807, 2.05) is 56.3 Å². The third-order valence-corrected chi connectivity index (χ3v) is 4.89. The minimum absolute atomic E-state index is 0.0294. The number of amides is 1. The molecule has 0 radical (unpaired) electrons. The quantitative estimate of drug-likeness (QED) is 0.488. The maximum Gasteiger partial charge on any atom is 0.277 e. The maximum absolute atomic E-state index is 12.7. The molecular weight excluding hydrogens is 398 g/mol. The number of rotatable bonds is 8. The highest BCUT2D eigenvalue weighted by atomic mass is 35.5. The number of hydrogen-bond acceptors (Lipinski definition) is 6. The number of nitrogens with zero attached hydrogens (tertiary/aromatic N) is 3. The predicted molar refractivity (Wildman–Crippen MR) is 110 cm³/mol. The van der Waals surface area contributed by atoms with Gasteiger partial charge in [-0.05, 0) is 38.1 Å². The van der Waals surface area contributed by atoms with Gasteiger partial charge in [0.2, 0.25) is 5.91 Å². The van der Waals surface area contributed by atoms with E-state index in [0.717, 1.165) is 5.69 Å². The lowest BCUT2D eigenvalue weighted by Crippen LogP contribution is -2.38. The first-order valence-electron chi connectivity index (χ1n) is 8.74. The molecule has 0 spiro atoms. The van der Waals surface area contributed by atoms with Crippen molar-refractivity contribution in [2.75, 3.05) is 10.7 Å². The van der Waals surface area contributed by atoms with E-state index in [-0.39, 0.29) is 24.3 Å². The lowest BCUT2D eigenvalue weighted by molar-refractivity contribution is -0.116. The Balaban J connectivity index is 1.56. The number of para-hydroxylation sites is 2. The Morgan fingerprint density at radius 1 is 1.14 bits per heavy atom. The molecule has 3 rings (SSSR count). The summed E-state index contributed by atoms with van der Waals surface area (Å²) in [6, 6.07) is 16.8. The Morgan fingerprint density at radius 3 is 2.57 bits per heavy atom. The molecular formula is C20H20ClN3O3S. The Labute approximate surface area is 172 Å². The molecule has 0 aliphatic carbocycles. The van der Waals surface area contributed by atoms with Crippen molar-refractivity contribution >= 4 is 35.0 Å². The summed E-state index contributed by atoms with van der Waals surface area (Å²) >= 11 is 7.25. The van der Waals surface area contributed by atoms with Crippen LogP contribution in [-0.4, -0.2) is 27.9 Å². The number of carbonyl (C=O) groups is 1. The fourth-order valence-electron chi connectivity index (χ4n) is 2.57. The van der Waals surface area contributed by atoms with Gasteiger partial charge in [0.05, 0.1) is 10.8 Å². The van der Waals surface area contributed by atoms with Gasteiger partial charge in [0.15, 0.2) is 6.61 Å². The van der Waals surface area contributed by atoms with Crippen molar-refractivity contribution in [2.24, 2.45) is 0 Å². The van der Waals surface area contributed by atoms with E-state index in [2.05, 4.69) is 10.2 Å². The van der Waals surface area contributed by atoms with Crippen LogP contribution in [0.15, 0.2) is 64.2 Å². The number of benzene rings is 2.